The van der Waals surface area contributed by atoms with Crippen LogP contribution < -0.4 is 0 Å². The molecular weight excluding hydrogens is 258 g/mol. The fourth-order valence-electron chi connectivity index (χ4n) is 2.19. The summed E-state index contributed by atoms with van der Waals surface area (Å²) in [6.07, 6.45) is 8.01. The molecule has 20 heavy (non-hydrogen) atoms. The first-order valence-corrected chi connectivity index (χ1v) is 7.63. The van der Waals surface area contributed by atoms with Gasteiger partial charge in [-0.2, -0.15) is 0 Å². The molecule has 0 aromatic carbocycles. The van der Waals surface area contributed by atoms with E-state index in [9.17, 15) is 14.4 Å². The van der Waals surface area contributed by atoms with Gasteiger partial charge in [0.15, 0.2) is 0 Å². The van der Waals surface area contributed by atoms with Gasteiger partial charge in [-0.1, -0.05) is 52.4 Å². The van der Waals surface area contributed by atoms with Crippen LogP contribution in [0.15, 0.2) is 0 Å². The maximum absolute atomic E-state index is 11.8. The van der Waals surface area contributed by atoms with Crippen molar-refractivity contribution in [2.75, 3.05) is 0 Å². The van der Waals surface area contributed by atoms with E-state index in [-0.39, 0.29) is 18.8 Å². The Hall–Kier alpha value is -1.39. The summed E-state index contributed by atoms with van der Waals surface area (Å²) in [6.45, 7) is 3.96. The Bertz CT molecular complexity index is 338. The summed E-state index contributed by atoms with van der Waals surface area (Å²) in [6, 6.07) is 0. The highest BCUT2D eigenvalue weighted by molar-refractivity contribution is 6.01. The highest BCUT2D eigenvalue weighted by Gasteiger charge is 2.33. The lowest BCUT2D eigenvalue weighted by atomic mass is 10.0. The fourth-order valence-corrected chi connectivity index (χ4v) is 2.19. The van der Waals surface area contributed by atoms with Gasteiger partial charge in [0, 0.05) is 12.8 Å². The van der Waals surface area contributed by atoms with Gasteiger partial charge in [-0.3, -0.25) is 9.59 Å². The smallest absolute Gasteiger partial charge is 0.330 e. The number of nitrogens with zero attached hydrogens (tertiary/aromatic N) is 1. The predicted molar refractivity (Wildman–Crippen MR) is 74.3 cm³/mol. The topological polar surface area (TPSA) is 63.7 Å². The van der Waals surface area contributed by atoms with Gasteiger partial charge in [0.05, 0.1) is 5.92 Å². The van der Waals surface area contributed by atoms with E-state index in [0.29, 0.717) is 5.06 Å². The van der Waals surface area contributed by atoms with Crippen molar-refractivity contribution >= 4 is 17.8 Å². The summed E-state index contributed by atoms with van der Waals surface area (Å²) in [5, 5.41) is 0.625. The molecule has 5 nitrogen and oxygen atoms in total. The molecule has 1 heterocycles. The maximum Gasteiger partial charge on any atom is 0.335 e. The number of hydrogen-bond donors (Lipinski definition) is 0. The van der Waals surface area contributed by atoms with Crippen molar-refractivity contribution in [3.05, 3.63) is 0 Å². The minimum Gasteiger partial charge on any atom is -0.330 e. The van der Waals surface area contributed by atoms with E-state index < -0.39 is 17.8 Å². The molecule has 0 aliphatic carbocycles. The van der Waals surface area contributed by atoms with Crippen LogP contribution in [0.1, 0.15) is 71.6 Å². The Morgan fingerprint density at radius 3 is 2.25 bits per heavy atom. The summed E-state index contributed by atoms with van der Waals surface area (Å²) in [7, 11) is 0. The van der Waals surface area contributed by atoms with Crippen LogP contribution in [0.3, 0.4) is 0 Å². The third-order valence-electron chi connectivity index (χ3n) is 3.58. The van der Waals surface area contributed by atoms with Crippen molar-refractivity contribution in [3.8, 4) is 0 Å². The Balaban J connectivity index is 2.19. The second-order valence-corrected chi connectivity index (χ2v) is 5.45. The van der Waals surface area contributed by atoms with Crippen LogP contribution in [-0.2, 0) is 19.2 Å². The number of hydrogen-bond acceptors (Lipinski definition) is 4. The first-order valence-electron chi connectivity index (χ1n) is 7.63. The molecule has 0 N–H and O–H groups in total. The van der Waals surface area contributed by atoms with Crippen molar-refractivity contribution in [1.29, 1.82) is 0 Å². The van der Waals surface area contributed by atoms with Gasteiger partial charge in [-0.25, -0.2) is 4.79 Å². The molecule has 5 heteroatoms. The Morgan fingerprint density at radius 1 is 1.10 bits per heavy atom. The molecule has 114 valence electrons. The number of hydroxylamine groups is 2. The van der Waals surface area contributed by atoms with Crippen molar-refractivity contribution < 1.29 is 19.2 Å². The van der Waals surface area contributed by atoms with Gasteiger partial charge in [0.1, 0.15) is 0 Å². The second-order valence-electron chi connectivity index (χ2n) is 5.45. The summed E-state index contributed by atoms with van der Waals surface area (Å²) < 4.78 is 0. The van der Waals surface area contributed by atoms with E-state index >= 15 is 0 Å². The minimum atomic E-state index is -0.484. The summed E-state index contributed by atoms with van der Waals surface area (Å²) in [5.74, 6) is -1.60. The molecule has 0 spiro atoms. The van der Waals surface area contributed by atoms with E-state index in [1.165, 1.54) is 25.7 Å². The van der Waals surface area contributed by atoms with E-state index in [2.05, 4.69) is 6.92 Å². The zero-order chi connectivity index (χ0) is 15.0. The molecule has 1 aliphatic heterocycles. The second kappa shape index (κ2) is 8.72. The van der Waals surface area contributed by atoms with Crippen LogP contribution in [0.2, 0.25) is 0 Å². The van der Waals surface area contributed by atoms with E-state index in [1.54, 1.807) is 6.92 Å². The Labute approximate surface area is 120 Å². The van der Waals surface area contributed by atoms with Crippen LogP contribution in [0.25, 0.3) is 0 Å². The van der Waals surface area contributed by atoms with Crippen LogP contribution in [0, 0.1) is 5.92 Å². The van der Waals surface area contributed by atoms with Gasteiger partial charge in [0.25, 0.3) is 11.8 Å². The van der Waals surface area contributed by atoms with Crippen molar-refractivity contribution in [3.63, 3.8) is 0 Å². The largest absolute Gasteiger partial charge is 0.335 e. The number of rotatable bonds is 9. The molecule has 0 bridgehead atoms. The van der Waals surface area contributed by atoms with E-state index in [1.807, 2.05) is 0 Å². The SMILES string of the molecule is CCCCCCCCC(C)C(=O)ON1C(=O)CCC1=O. The molecule has 1 aliphatic rings. The van der Waals surface area contributed by atoms with E-state index in [4.69, 9.17) is 4.84 Å². The monoisotopic (exact) mass is 283 g/mol. The fraction of sp³-hybridized carbons (Fsp3) is 0.800. The van der Waals surface area contributed by atoms with Crippen LogP contribution >= 0.6 is 0 Å². The van der Waals surface area contributed by atoms with Gasteiger partial charge in [-0.05, 0) is 6.42 Å². The molecule has 1 unspecified atom stereocenters. The number of carbonyl (C=O) groups excluding carboxylic acids is 3. The van der Waals surface area contributed by atoms with Crippen molar-refractivity contribution in [2.45, 2.75) is 71.6 Å². The zero-order valence-electron chi connectivity index (χ0n) is 12.5. The van der Waals surface area contributed by atoms with Gasteiger partial charge >= 0.3 is 5.97 Å². The molecule has 1 rings (SSSR count). The Kier molecular flexibility index (Phi) is 7.26. The standard InChI is InChI=1S/C15H25NO4/c1-3-4-5-6-7-8-9-12(2)15(19)20-16-13(17)10-11-14(16)18/h12H,3-11H2,1-2H3. The molecule has 1 fully saturated rings. The van der Waals surface area contributed by atoms with Gasteiger partial charge in [-0.15, -0.1) is 5.06 Å². The number of imide groups is 1. The lowest BCUT2D eigenvalue weighted by Gasteiger charge is -2.16. The summed E-state index contributed by atoms with van der Waals surface area (Å²) in [4.78, 5) is 39.3. The molecule has 0 aromatic heterocycles. The average molecular weight is 283 g/mol. The summed E-state index contributed by atoms with van der Waals surface area (Å²) in [5.41, 5.74) is 0. The lowest BCUT2D eigenvalue weighted by molar-refractivity contribution is -0.200. The molecule has 2 amide bonds. The molecule has 0 radical (unpaired) electrons. The van der Waals surface area contributed by atoms with Crippen molar-refractivity contribution in [1.82, 2.24) is 5.06 Å². The molecule has 0 aromatic rings. The molecular formula is C15H25NO4. The zero-order valence-corrected chi connectivity index (χ0v) is 12.5. The molecule has 0 saturated carbocycles. The third kappa shape index (κ3) is 5.31. The number of amides is 2. The first kappa shape index (κ1) is 16.7. The maximum atomic E-state index is 11.8. The first-order chi connectivity index (χ1) is 9.56. The van der Waals surface area contributed by atoms with Crippen LogP contribution in [0.5, 0.6) is 0 Å². The minimum absolute atomic E-state index is 0.137. The normalized spacial score (nSPS) is 16.6. The van der Waals surface area contributed by atoms with Gasteiger partial charge < -0.3 is 4.84 Å². The molecule has 1 atom stereocenters. The number of unbranched alkanes of at least 4 members (excludes halogenated alkanes) is 5. The van der Waals surface area contributed by atoms with Crippen molar-refractivity contribution in [2.24, 2.45) is 5.92 Å². The van der Waals surface area contributed by atoms with E-state index in [0.717, 1.165) is 19.3 Å². The van der Waals surface area contributed by atoms with Crippen LogP contribution in [-0.4, -0.2) is 22.8 Å². The van der Waals surface area contributed by atoms with Crippen LogP contribution in [0.4, 0.5) is 0 Å². The third-order valence-corrected chi connectivity index (χ3v) is 3.58. The highest BCUT2D eigenvalue weighted by Crippen LogP contribution is 2.17. The lowest BCUT2D eigenvalue weighted by Crippen LogP contribution is -2.34. The quantitative estimate of drug-likeness (QED) is 0.482. The number of carbonyl (C=O) groups is 3. The average Bonchev–Trinajstić information content (AvgIpc) is 2.74. The predicted octanol–water partition coefficient (Wildman–Crippen LogP) is 2.98. The van der Waals surface area contributed by atoms with Gasteiger partial charge in [0.2, 0.25) is 0 Å². The molecule has 1 saturated heterocycles. The Morgan fingerprint density at radius 2 is 1.65 bits per heavy atom. The summed E-state index contributed by atoms with van der Waals surface area (Å²) >= 11 is 0. The highest BCUT2D eigenvalue weighted by atomic mass is 16.7.